The average Bonchev–Trinajstić information content (AvgIpc) is 3.04. The first kappa shape index (κ1) is 21.7. The summed E-state index contributed by atoms with van der Waals surface area (Å²) < 4.78 is 5.31. The van der Waals surface area contributed by atoms with Crippen molar-refractivity contribution in [3.8, 4) is 0 Å². The van der Waals surface area contributed by atoms with E-state index in [1.54, 1.807) is 7.05 Å². The van der Waals surface area contributed by atoms with Gasteiger partial charge in [0.2, 0.25) is 5.91 Å². The molecule has 1 aromatic rings. The van der Waals surface area contributed by atoms with Gasteiger partial charge in [0, 0.05) is 39.0 Å². The zero-order valence-electron chi connectivity index (χ0n) is 15.1. The molecule has 1 aliphatic rings. The Labute approximate surface area is 167 Å². The van der Waals surface area contributed by atoms with Crippen LogP contribution in [0.15, 0.2) is 29.3 Å². The third kappa shape index (κ3) is 6.81. The third-order valence-corrected chi connectivity index (χ3v) is 4.03. The van der Waals surface area contributed by atoms with Crippen molar-refractivity contribution in [2.24, 2.45) is 4.99 Å². The van der Waals surface area contributed by atoms with Crippen molar-refractivity contribution in [3.63, 3.8) is 0 Å². The molecule has 2 rings (SSSR count). The van der Waals surface area contributed by atoms with Gasteiger partial charge >= 0.3 is 0 Å². The lowest BCUT2D eigenvalue weighted by atomic mass is 10.2. The van der Waals surface area contributed by atoms with Crippen LogP contribution < -0.4 is 15.5 Å². The number of rotatable bonds is 8. The van der Waals surface area contributed by atoms with Gasteiger partial charge in [-0.2, -0.15) is 0 Å². The Balaban J connectivity index is 0.00000312. The van der Waals surface area contributed by atoms with Crippen molar-refractivity contribution in [1.82, 2.24) is 10.6 Å². The standard InChI is InChI=1S/C18H28N4O2.HI/c1-3-24-13-7-6-11-20-18(19-2)21-14-17(23)22-12-10-15-8-4-5-9-16(15)22;/h4-5,8-9H,3,6-7,10-14H2,1-2H3,(H2,19,20,21);1H. The number of amides is 1. The van der Waals surface area contributed by atoms with Crippen LogP contribution in [0.1, 0.15) is 25.3 Å². The second kappa shape index (κ2) is 12.1. The number of fused-ring (bicyclic) bond motifs is 1. The molecular formula is C18H29IN4O2. The van der Waals surface area contributed by atoms with Crippen LogP contribution in [-0.2, 0) is 16.0 Å². The van der Waals surface area contributed by atoms with Crippen LogP contribution in [0.5, 0.6) is 0 Å². The van der Waals surface area contributed by atoms with Crippen LogP contribution in [0.4, 0.5) is 5.69 Å². The number of hydrogen-bond donors (Lipinski definition) is 2. The van der Waals surface area contributed by atoms with Crippen molar-refractivity contribution >= 4 is 41.5 Å². The van der Waals surface area contributed by atoms with Gasteiger partial charge < -0.3 is 20.3 Å². The lowest BCUT2D eigenvalue weighted by molar-refractivity contribution is -0.117. The molecule has 0 atom stereocenters. The molecule has 0 aliphatic carbocycles. The molecule has 6 nitrogen and oxygen atoms in total. The fraction of sp³-hybridized carbons (Fsp3) is 0.556. The highest BCUT2D eigenvalue weighted by atomic mass is 127. The predicted molar refractivity (Wildman–Crippen MR) is 113 cm³/mol. The maximum absolute atomic E-state index is 12.4. The molecule has 0 saturated heterocycles. The van der Waals surface area contributed by atoms with Gasteiger partial charge in [-0.05, 0) is 37.8 Å². The van der Waals surface area contributed by atoms with Crippen molar-refractivity contribution < 1.29 is 9.53 Å². The fourth-order valence-corrected chi connectivity index (χ4v) is 2.75. The molecule has 0 fully saturated rings. The number of benzene rings is 1. The summed E-state index contributed by atoms with van der Waals surface area (Å²) in [5.74, 6) is 0.728. The number of unbranched alkanes of at least 4 members (excludes halogenated alkanes) is 1. The lowest BCUT2D eigenvalue weighted by Gasteiger charge is -2.18. The lowest BCUT2D eigenvalue weighted by Crippen LogP contribution is -2.44. The van der Waals surface area contributed by atoms with Gasteiger partial charge in [-0.1, -0.05) is 18.2 Å². The van der Waals surface area contributed by atoms with Gasteiger partial charge in [0.1, 0.15) is 0 Å². The second-order valence-electron chi connectivity index (χ2n) is 5.68. The number of para-hydroxylation sites is 1. The number of hydrogen-bond acceptors (Lipinski definition) is 3. The predicted octanol–water partition coefficient (Wildman–Crippen LogP) is 2.18. The molecule has 1 aliphatic heterocycles. The quantitative estimate of drug-likeness (QED) is 0.270. The minimum absolute atomic E-state index is 0. The van der Waals surface area contributed by atoms with E-state index in [4.69, 9.17) is 4.74 Å². The number of carbonyl (C=O) groups is 1. The van der Waals surface area contributed by atoms with E-state index in [-0.39, 0.29) is 36.4 Å². The first-order chi connectivity index (χ1) is 11.8. The SMILES string of the molecule is CCOCCCCNC(=NC)NCC(=O)N1CCc2ccccc21.I. The second-order valence-corrected chi connectivity index (χ2v) is 5.68. The zero-order chi connectivity index (χ0) is 17.2. The van der Waals surface area contributed by atoms with E-state index >= 15 is 0 Å². The number of nitrogens with zero attached hydrogens (tertiary/aromatic N) is 2. The van der Waals surface area contributed by atoms with Crippen molar-refractivity contribution in [2.45, 2.75) is 26.2 Å². The topological polar surface area (TPSA) is 66.0 Å². The number of ether oxygens (including phenoxy) is 1. The van der Waals surface area contributed by atoms with E-state index in [0.717, 1.165) is 51.3 Å². The van der Waals surface area contributed by atoms with E-state index in [1.165, 1.54) is 5.56 Å². The Morgan fingerprint density at radius 2 is 2.08 bits per heavy atom. The van der Waals surface area contributed by atoms with Crippen LogP contribution in [0.2, 0.25) is 0 Å². The molecule has 0 unspecified atom stereocenters. The van der Waals surface area contributed by atoms with Gasteiger partial charge in [0.05, 0.1) is 6.54 Å². The Morgan fingerprint density at radius 1 is 1.28 bits per heavy atom. The first-order valence-electron chi connectivity index (χ1n) is 8.66. The summed E-state index contributed by atoms with van der Waals surface area (Å²) in [4.78, 5) is 18.4. The summed E-state index contributed by atoms with van der Waals surface area (Å²) in [5, 5.41) is 6.32. The Kier molecular flexibility index (Phi) is 10.5. The van der Waals surface area contributed by atoms with E-state index in [1.807, 2.05) is 30.0 Å². The minimum atomic E-state index is 0. The fourth-order valence-electron chi connectivity index (χ4n) is 2.75. The van der Waals surface area contributed by atoms with E-state index in [9.17, 15) is 4.79 Å². The van der Waals surface area contributed by atoms with Crippen molar-refractivity contribution in [1.29, 1.82) is 0 Å². The average molecular weight is 460 g/mol. The van der Waals surface area contributed by atoms with Gasteiger partial charge in [-0.15, -0.1) is 24.0 Å². The summed E-state index contributed by atoms with van der Waals surface area (Å²) in [5.41, 5.74) is 2.27. The molecular weight excluding hydrogens is 431 g/mol. The normalized spacial score (nSPS) is 13.2. The molecule has 0 aromatic heterocycles. The molecule has 0 spiro atoms. The zero-order valence-corrected chi connectivity index (χ0v) is 17.4. The van der Waals surface area contributed by atoms with Crippen LogP contribution >= 0.6 is 24.0 Å². The summed E-state index contributed by atoms with van der Waals surface area (Å²) in [6, 6.07) is 8.08. The molecule has 1 aromatic carbocycles. The summed E-state index contributed by atoms with van der Waals surface area (Å²) in [7, 11) is 1.71. The van der Waals surface area contributed by atoms with E-state index in [2.05, 4.69) is 21.7 Å². The van der Waals surface area contributed by atoms with E-state index in [0.29, 0.717) is 5.96 Å². The van der Waals surface area contributed by atoms with Gasteiger partial charge in [0.25, 0.3) is 0 Å². The molecule has 1 amide bonds. The number of guanidine groups is 1. The molecule has 0 bridgehead atoms. The molecule has 2 N–H and O–H groups in total. The van der Waals surface area contributed by atoms with Crippen LogP contribution in [0.25, 0.3) is 0 Å². The highest BCUT2D eigenvalue weighted by Gasteiger charge is 2.23. The van der Waals surface area contributed by atoms with Crippen molar-refractivity contribution in [2.75, 3.05) is 44.8 Å². The largest absolute Gasteiger partial charge is 0.382 e. The van der Waals surface area contributed by atoms with E-state index < -0.39 is 0 Å². The highest BCUT2D eigenvalue weighted by molar-refractivity contribution is 14.0. The number of anilines is 1. The van der Waals surface area contributed by atoms with Gasteiger partial charge in [-0.25, -0.2) is 0 Å². The summed E-state index contributed by atoms with van der Waals surface area (Å²) in [6.07, 6.45) is 2.95. The number of carbonyl (C=O) groups excluding carboxylic acids is 1. The van der Waals surface area contributed by atoms with Crippen LogP contribution in [0, 0.1) is 0 Å². The third-order valence-electron chi connectivity index (χ3n) is 4.03. The minimum Gasteiger partial charge on any atom is -0.382 e. The summed E-state index contributed by atoms with van der Waals surface area (Å²) >= 11 is 0. The monoisotopic (exact) mass is 460 g/mol. The maximum Gasteiger partial charge on any atom is 0.246 e. The number of nitrogens with one attached hydrogen (secondary N) is 2. The van der Waals surface area contributed by atoms with Gasteiger partial charge in [0.15, 0.2) is 5.96 Å². The highest BCUT2D eigenvalue weighted by Crippen LogP contribution is 2.27. The Hall–Kier alpha value is -1.35. The molecule has 0 saturated carbocycles. The molecule has 0 radical (unpaired) electrons. The Morgan fingerprint density at radius 3 is 2.84 bits per heavy atom. The smallest absolute Gasteiger partial charge is 0.246 e. The summed E-state index contributed by atoms with van der Waals surface area (Å²) in [6.45, 7) is 5.36. The van der Waals surface area contributed by atoms with Crippen LogP contribution in [0.3, 0.4) is 0 Å². The molecule has 1 heterocycles. The van der Waals surface area contributed by atoms with Crippen molar-refractivity contribution in [3.05, 3.63) is 29.8 Å². The molecule has 7 heteroatoms. The first-order valence-corrected chi connectivity index (χ1v) is 8.66. The van der Waals surface area contributed by atoms with Crippen LogP contribution in [-0.4, -0.2) is 51.8 Å². The molecule has 25 heavy (non-hydrogen) atoms. The maximum atomic E-state index is 12.4. The van der Waals surface area contributed by atoms with Gasteiger partial charge in [-0.3, -0.25) is 9.79 Å². The Bertz CT molecular complexity index is 566. The molecule has 140 valence electrons. The number of aliphatic imine (C=N–C) groups is 1. The number of halogens is 1.